The van der Waals surface area contributed by atoms with Crippen LogP contribution in [0.2, 0.25) is 0 Å². The minimum absolute atomic E-state index is 0.288. The third kappa shape index (κ3) is 3.26. The minimum Gasteiger partial charge on any atom is -0.342 e. The topological polar surface area (TPSA) is 35.6 Å². The van der Waals surface area contributed by atoms with Gasteiger partial charge in [0.1, 0.15) is 0 Å². The molecule has 1 N–H and O–H groups in total. The van der Waals surface area contributed by atoms with Gasteiger partial charge in [-0.3, -0.25) is 4.79 Å². The van der Waals surface area contributed by atoms with E-state index in [1.54, 1.807) is 0 Å². The molecule has 3 aliphatic rings. The lowest BCUT2D eigenvalue weighted by Crippen LogP contribution is -2.48. The average molecular weight is 293 g/mol. The van der Waals surface area contributed by atoms with E-state index in [0.29, 0.717) is 17.4 Å². The lowest BCUT2D eigenvalue weighted by atomic mass is 9.77. The Hall–Kier alpha value is -0.610. The van der Waals surface area contributed by atoms with Crippen molar-refractivity contribution in [3.63, 3.8) is 0 Å². The summed E-state index contributed by atoms with van der Waals surface area (Å²) in [5, 5.41) is 3.35. The second-order valence-electron chi connectivity index (χ2n) is 7.66. The van der Waals surface area contributed by atoms with Crippen molar-refractivity contribution in [2.45, 2.75) is 52.0 Å². The summed E-state index contributed by atoms with van der Waals surface area (Å²) in [6.45, 7) is 11.1. The fourth-order valence-corrected chi connectivity index (χ4v) is 4.35. The molecule has 21 heavy (non-hydrogen) atoms. The van der Waals surface area contributed by atoms with Gasteiger partial charge in [0.05, 0.1) is 0 Å². The minimum atomic E-state index is 0.288. The van der Waals surface area contributed by atoms with Crippen molar-refractivity contribution < 1.29 is 4.79 Å². The summed E-state index contributed by atoms with van der Waals surface area (Å²) in [4.78, 5) is 17.4. The van der Waals surface area contributed by atoms with Crippen LogP contribution in [-0.2, 0) is 4.79 Å². The molecule has 3 aliphatic heterocycles. The summed E-state index contributed by atoms with van der Waals surface area (Å²) >= 11 is 0. The van der Waals surface area contributed by atoms with E-state index in [2.05, 4.69) is 29.0 Å². The molecule has 0 atom stereocenters. The maximum Gasteiger partial charge on any atom is 0.225 e. The molecule has 0 radical (unpaired) electrons. The molecular formula is C17H31N3O. The van der Waals surface area contributed by atoms with Crippen LogP contribution in [0.3, 0.4) is 0 Å². The van der Waals surface area contributed by atoms with Crippen molar-refractivity contribution in [1.82, 2.24) is 15.1 Å². The Morgan fingerprint density at radius 1 is 1.10 bits per heavy atom. The molecule has 3 fully saturated rings. The first-order chi connectivity index (χ1) is 10.1. The molecule has 0 aromatic rings. The summed E-state index contributed by atoms with van der Waals surface area (Å²) in [6, 6.07) is 0.666. The number of hydrogen-bond acceptors (Lipinski definition) is 3. The van der Waals surface area contributed by atoms with Gasteiger partial charge in [-0.25, -0.2) is 0 Å². The van der Waals surface area contributed by atoms with Crippen molar-refractivity contribution in [3.8, 4) is 0 Å². The Morgan fingerprint density at radius 3 is 2.29 bits per heavy atom. The van der Waals surface area contributed by atoms with E-state index in [1.165, 1.54) is 32.4 Å². The summed E-state index contributed by atoms with van der Waals surface area (Å²) in [7, 11) is 0. The maximum atomic E-state index is 12.6. The Labute approximate surface area is 129 Å². The van der Waals surface area contributed by atoms with Gasteiger partial charge in [0.2, 0.25) is 5.91 Å². The number of nitrogens with zero attached hydrogens (tertiary/aromatic N) is 2. The zero-order chi connectivity index (χ0) is 14.9. The van der Waals surface area contributed by atoms with Crippen LogP contribution in [-0.4, -0.2) is 61.0 Å². The molecule has 3 saturated heterocycles. The fourth-order valence-electron chi connectivity index (χ4n) is 4.35. The highest BCUT2D eigenvalue weighted by Crippen LogP contribution is 2.41. The van der Waals surface area contributed by atoms with Gasteiger partial charge < -0.3 is 15.1 Å². The van der Waals surface area contributed by atoms with E-state index < -0.39 is 0 Å². The molecule has 0 aliphatic carbocycles. The van der Waals surface area contributed by atoms with Crippen LogP contribution in [0.1, 0.15) is 46.0 Å². The largest absolute Gasteiger partial charge is 0.342 e. The van der Waals surface area contributed by atoms with Crippen molar-refractivity contribution in [2.75, 3.05) is 39.3 Å². The summed E-state index contributed by atoms with van der Waals surface area (Å²) in [5.74, 6) is 0.723. The first kappa shape index (κ1) is 15.3. The number of likely N-dealkylation sites (tertiary alicyclic amines) is 2. The molecule has 0 aromatic carbocycles. The highest BCUT2D eigenvalue weighted by Gasteiger charge is 2.42. The molecule has 1 spiro atoms. The number of carbonyl (C=O) groups excluding carboxylic acids is 1. The lowest BCUT2D eigenvalue weighted by Gasteiger charge is -2.41. The van der Waals surface area contributed by atoms with E-state index in [9.17, 15) is 4.79 Å². The monoisotopic (exact) mass is 293 g/mol. The first-order valence-electron chi connectivity index (χ1n) is 8.83. The van der Waals surface area contributed by atoms with Crippen LogP contribution in [0.4, 0.5) is 0 Å². The van der Waals surface area contributed by atoms with Crippen LogP contribution >= 0.6 is 0 Å². The van der Waals surface area contributed by atoms with Crippen LogP contribution < -0.4 is 5.32 Å². The molecular weight excluding hydrogens is 262 g/mol. The lowest BCUT2D eigenvalue weighted by molar-refractivity contribution is -0.138. The van der Waals surface area contributed by atoms with Crippen molar-refractivity contribution in [1.29, 1.82) is 0 Å². The Bertz CT molecular complexity index is 368. The van der Waals surface area contributed by atoms with Gasteiger partial charge in [-0.1, -0.05) is 0 Å². The highest BCUT2D eigenvalue weighted by molar-refractivity contribution is 5.79. The standard InChI is InChI=1S/C17H31N3O/c1-14(2)20-12-7-17(13-20)5-10-19(11-6-17)16(21)15-3-8-18-9-4-15/h14-15,18H,3-13H2,1-2H3. The second kappa shape index (κ2) is 6.25. The number of carbonyl (C=O) groups is 1. The fraction of sp³-hybridized carbons (Fsp3) is 0.941. The van der Waals surface area contributed by atoms with Crippen LogP contribution in [0, 0.1) is 11.3 Å². The molecule has 4 nitrogen and oxygen atoms in total. The van der Waals surface area contributed by atoms with Gasteiger partial charge in [0.25, 0.3) is 0 Å². The molecule has 4 heteroatoms. The Kier molecular flexibility index (Phi) is 4.55. The van der Waals surface area contributed by atoms with Gasteiger partial charge in [-0.15, -0.1) is 0 Å². The van der Waals surface area contributed by atoms with Gasteiger partial charge in [-0.2, -0.15) is 0 Å². The third-order valence-corrected chi connectivity index (χ3v) is 6.02. The van der Waals surface area contributed by atoms with Gasteiger partial charge in [0.15, 0.2) is 0 Å². The molecule has 0 aromatic heterocycles. The zero-order valence-corrected chi connectivity index (χ0v) is 13.7. The predicted octanol–water partition coefficient (Wildman–Crippen LogP) is 1.71. The molecule has 0 unspecified atom stereocenters. The van der Waals surface area contributed by atoms with E-state index in [0.717, 1.165) is 39.0 Å². The van der Waals surface area contributed by atoms with Gasteiger partial charge in [0, 0.05) is 31.6 Å². The van der Waals surface area contributed by atoms with E-state index in [1.807, 2.05) is 0 Å². The van der Waals surface area contributed by atoms with Gasteiger partial charge >= 0.3 is 0 Å². The number of amides is 1. The zero-order valence-electron chi connectivity index (χ0n) is 13.7. The number of hydrogen-bond donors (Lipinski definition) is 1. The number of nitrogens with one attached hydrogen (secondary N) is 1. The van der Waals surface area contributed by atoms with Gasteiger partial charge in [-0.05, 0) is 71.0 Å². The smallest absolute Gasteiger partial charge is 0.225 e. The van der Waals surface area contributed by atoms with E-state index in [-0.39, 0.29) is 5.92 Å². The Morgan fingerprint density at radius 2 is 1.71 bits per heavy atom. The van der Waals surface area contributed by atoms with Crippen molar-refractivity contribution in [3.05, 3.63) is 0 Å². The quantitative estimate of drug-likeness (QED) is 0.842. The van der Waals surface area contributed by atoms with Crippen molar-refractivity contribution in [2.24, 2.45) is 11.3 Å². The third-order valence-electron chi connectivity index (χ3n) is 6.02. The predicted molar refractivity (Wildman–Crippen MR) is 85.2 cm³/mol. The summed E-state index contributed by atoms with van der Waals surface area (Å²) in [6.07, 6.45) is 5.82. The van der Waals surface area contributed by atoms with Crippen LogP contribution in [0.25, 0.3) is 0 Å². The first-order valence-corrected chi connectivity index (χ1v) is 8.83. The molecule has 120 valence electrons. The summed E-state index contributed by atoms with van der Waals surface area (Å²) in [5.41, 5.74) is 0.509. The summed E-state index contributed by atoms with van der Waals surface area (Å²) < 4.78 is 0. The molecule has 3 rings (SSSR count). The van der Waals surface area contributed by atoms with E-state index >= 15 is 0 Å². The molecule has 1 amide bonds. The number of piperidine rings is 2. The normalized spacial score (nSPS) is 27.7. The van der Waals surface area contributed by atoms with E-state index in [4.69, 9.17) is 0 Å². The van der Waals surface area contributed by atoms with Crippen LogP contribution in [0.5, 0.6) is 0 Å². The number of rotatable bonds is 2. The Balaban J connectivity index is 1.52. The SMILES string of the molecule is CC(C)N1CCC2(CCN(C(=O)C3CCNCC3)CC2)C1. The molecule has 0 bridgehead atoms. The molecule has 3 heterocycles. The highest BCUT2D eigenvalue weighted by atomic mass is 16.2. The van der Waals surface area contributed by atoms with Crippen LogP contribution in [0.15, 0.2) is 0 Å². The average Bonchev–Trinajstić information content (AvgIpc) is 2.92. The second-order valence-corrected chi connectivity index (χ2v) is 7.66. The molecule has 0 saturated carbocycles. The maximum absolute atomic E-state index is 12.6. The van der Waals surface area contributed by atoms with Crippen molar-refractivity contribution >= 4 is 5.91 Å².